The molecule has 0 aromatic carbocycles. The summed E-state index contributed by atoms with van der Waals surface area (Å²) in [5.74, 6) is 1.48. The van der Waals surface area contributed by atoms with Gasteiger partial charge in [0.2, 0.25) is 5.91 Å². The van der Waals surface area contributed by atoms with Crippen LogP contribution >= 0.6 is 0 Å². The van der Waals surface area contributed by atoms with E-state index in [1.807, 2.05) is 19.1 Å². The zero-order chi connectivity index (χ0) is 15.8. The quantitative estimate of drug-likeness (QED) is 0.914. The topological polar surface area (TPSA) is 67.4 Å². The van der Waals surface area contributed by atoms with Crippen LogP contribution in [0.5, 0.6) is 0 Å². The number of piperidine rings is 1. The summed E-state index contributed by atoms with van der Waals surface area (Å²) in [4.78, 5) is 14.5. The molecule has 3 heterocycles. The second-order valence-corrected chi connectivity index (χ2v) is 7.06. The third kappa shape index (κ3) is 3.04. The zero-order valence-electron chi connectivity index (χ0n) is 13.6. The highest BCUT2D eigenvalue weighted by atomic mass is 16.5. The number of carbonyl (C=O) groups excluding carboxylic acids is 1. The molecular formula is C17H24N4O2. The van der Waals surface area contributed by atoms with Gasteiger partial charge in [-0.25, -0.2) is 0 Å². The SMILES string of the molecule is Cc1ccc(N2CC[C@@H]3C[C@@H](C(=O)NC4CCC4)O[C@H]3C2)nn1. The third-order valence-corrected chi connectivity index (χ3v) is 5.40. The van der Waals surface area contributed by atoms with Gasteiger partial charge in [0, 0.05) is 19.1 Å². The van der Waals surface area contributed by atoms with E-state index in [2.05, 4.69) is 20.4 Å². The van der Waals surface area contributed by atoms with Crippen molar-refractivity contribution in [2.24, 2.45) is 5.92 Å². The molecule has 4 rings (SSSR count). The Morgan fingerprint density at radius 3 is 2.87 bits per heavy atom. The first-order valence-electron chi connectivity index (χ1n) is 8.70. The predicted molar refractivity (Wildman–Crippen MR) is 86.1 cm³/mol. The Kier molecular flexibility index (Phi) is 3.93. The Balaban J connectivity index is 1.36. The lowest BCUT2D eigenvalue weighted by molar-refractivity contribution is -0.133. The molecule has 0 unspecified atom stereocenters. The lowest BCUT2D eigenvalue weighted by Gasteiger charge is -2.34. The summed E-state index contributed by atoms with van der Waals surface area (Å²) in [6.07, 6.45) is 5.23. The van der Waals surface area contributed by atoms with Crippen molar-refractivity contribution < 1.29 is 9.53 Å². The minimum absolute atomic E-state index is 0.0887. The molecule has 1 aromatic rings. The van der Waals surface area contributed by atoms with E-state index < -0.39 is 0 Å². The van der Waals surface area contributed by atoms with Crippen molar-refractivity contribution in [2.75, 3.05) is 18.0 Å². The van der Waals surface area contributed by atoms with Crippen molar-refractivity contribution >= 4 is 11.7 Å². The van der Waals surface area contributed by atoms with Crippen LogP contribution in [0.1, 0.15) is 37.8 Å². The van der Waals surface area contributed by atoms with Gasteiger partial charge in [-0.3, -0.25) is 4.79 Å². The molecule has 0 spiro atoms. The number of carbonyl (C=O) groups is 1. The molecule has 2 saturated heterocycles. The predicted octanol–water partition coefficient (Wildman–Crippen LogP) is 1.44. The fourth-order valence-electron chi connectivity index (χ4n) is 3.71. The number of ether oxygens (including phenoxy) is 1. The number of amides is 1. The standard InChI is InChI=1S/C17H24N4O2/c1-11-5-6-16(20-19-11)21-8-7-12-9-14(23-15(12)10-21)17(22)18-13-3-2-4-13/h5-6,12-15H,2-4,7-10H2,1H3,(H,18,22)/t12-,14+,15+/m1/s1. The Hall–Kier alpha value is -1.69. The molecule has 3 aliphatic rings. The second kappa shape index (κ2) is 6.07. The van der Waals surface area contributed by atoms with Gasteiger partial charge in [0.15, 0.2) is 5.82 Å². The Labute approximate surface area is 136 Å². The van der Waals surface area contributed by atoms with Crippen LogP contribution in [-0.4, -0.2) is 47.4 Å². The third-order valence-electron chi connectivity index (χ3n) is 5.40. The number of aryl methyl sites for hydroxylation is 1. The van der Waals surface area contributed by atoms with Gasteiger partial charge < -0.3 is 15.0 Å². The van der Waals surface area contributed by atoms with Crippen molar-refractivity contribution in [2.45, 2.75) is 57.3 Å². The van der Waals surface area contributed by atoms with E-state index in [4.69, 9.17) is 4.74 Å². The molecule has 1 saturated carbocycles. The Morgan fingerprint density at radius 2 is 2.17 bits per heavy atom. The second-order valence-electron chi connectivity index (χ2n) is 7.06. The number of nitrogens with zero attached hydrogens (tertiary/aromatic N) is 3. The highest BCUT2D eigenvalue weighted by Crippen LogP contribution is 2.34. The van der Waals surface area contributed by atoms with Crippen molar-refractivity contribution in [3.8, 4) is 0 Å². The number of nitrogens with one attached hydrogen (secondary N) is 1. The van der Waals surface area contributed by atoms with Gasteiger partial charge in [-0.15, -0.1) is 5.10 Å². The number of fused-ring (bicyclic) bond motifs is 1. The van der Waals surface area contributed by atoms with Gasteiger partial charge in [0.05, 0.1) is 11.8 Å². The maximum Gasteiger partial charge on any atom is 0.249 e. The minimum atomic E-state index is -0.269. The van der Waals surface area contributed by atoms with Crippen molar-refractivity contribution in [1.29, 1.82) is 0 Å². The van der Waals surface area contributed by atoms with Crippen molar-refractivity contribution in [1.82, 2.24) is 15.5 Å². The van der Waals surface area contributed by atoms with E-state index >= 15 is 0 Å². The van der Waals surface area contributed by atoms with E-state index in [1.165, 1.54) is 6.42 Å². The molecule has 6 nitrogen and oxygen atoms in total. The lowest BCUT2D eigenvalue weighted by atomic mass is 9.90. The first kappa shape index (κ1) is 14.9. The van der Waals surface area contributed by atoms with Crippen LogP contribution < -0.4 is 10.2 Å². The molecule has 1 amide bonds. The number of hydrogen-bond donors (Lipinski definition) is 1. The van der Waals surface area contributed by atoms with Gasteiger partial charge in [0.1, 0.15) is 6.10 Å². The summed E-state index contributed by atoms with van der Waals surface area (Å²) in [5, 5.41) is 11.5. The van der Waals surface area contributed by atoms with E-state index in [-0.39, 0.29) is 18.1 Å². The maximum atomic E-state index is 12.3. The van der Waals surface area contributed by atoms with Gasteiger partial charge >= 0.3 is 0 Å². The zero-order valence-corrected chi connectivity index (χ0v) is 13.6. The molecule has 1 aromatic heterocycles. The molecule has 0 bridgehead atoms. The van der Waals surface area contributed by atoms with E-state index in [0.717, 1.165) is 50.3 Å². The molecule has 3 fully saturated rings. The van der Waals surface area contributed by atoms with Crippen LogP contribution in [0, 0.1) is 12.8 Å². The fraction of sp³-hybridized carbons (Fsp3) is 0.706. The Morgan fingerprint density at radius 1 is 1.30 bits per heavy atom. The monoisotopic (exact) mass is 316 g/mol. The van der Waals surface area contributed by atoms with E-state index in [9.17, 15) is 4.79 Å². The lowest BCUT2D eigenvalue weighted by Crippen LogP contribution is -2.45. The van der Waals surface area contributed by atoms with E-state index in [0.29, 0.717) is 12.0 Å². The largest absolute Gasteiger partial charge is 0.363 e. The highest BCUT2D eigenvalue weighted by Gasteiger charge is 2.42. The fourth-order valence-corrected chi connectivity index (χ4v) is 3.71. The average Bonchev–Trinajstić information content (AvgIpc) is 2.94. The normalized spacial score (nSPS) is 30.7. The minimum Gasteiger partial charge on any atom is -0.363 e. The van der Waals surface area contributed by atoms with Crippen LogP contribution in [-0.2, 0) is 9.53 Å². The summed E-state index contributed by atoms with van der Waals surface area (Å²) < 4.78 is 6.07. The van der Waals surface area contributed by atoms with Crippen LogP contribution in [0.15, 0.2) is 12.1 Å². The van der Waals surface area contributed by atoms with Gasteiger partial charge in [0.25, 0.3) is 0 Å². The van der Waals surface area contributed by atoms with Gasteiger partial charge in [-0.2, -0.15) is 5.10 Å². The van der Waals surface area contributed by atoms with Crippen molar-refractivity contribution in [3.05, 3.63) is 17.8 Å². The van der Waals surface area contributed by atoms with Crippen LogP contribution in [0.2, 0.25) is 0 Å². The van der Waals surface area contributed by atoms with Crippen LogP contribution in [0.25, 0.3) is 0 Å². The summed E-state index contributed by atoms with van der Waals surface area (Å²) in [7, 11) is 0. The number of aromatic nitrogens is 2. The molecule has 0 radical (unpaired) electrons. The molecule has 1 N–H and O–H groups in total. The van der Waals surface area contributed by atoms with Crippen molar-refractivity contribution in [3.63, 3.8) is 0 Å². The van der Waals surface area contributed by atoms with Crippen LogP contribution in [0.4, 0.5) is 5.82 Å². The average molecular weight is 316 g/mol. The molecule has 6 heteroatoms. The summed E-state index contributed by atoms with van der Waals surface area (Å²) in [6, 6.07) is 4.38. The highest BCUT2D eigenvalue weighted by molar-refractivity contribution is 5.81. The molecule has 124 valence electrons. The molecule has 2 aliphatic heterocycles. The first-order valence-corrected chi connectivity index (χ1v) is 8.70. The Bertz CT molecular complexity index is 572. The van der Waals surface area contributed by atoms with E-state index in [1.54, 1.807) is 0 Å². The molecule has 1 aliphatic carbocycles. The molecule has 3 atom stereocenters. The number of rotatable bonds is 3. The first-order chi connectivity index (χ1) is 11.2. The van der Waals surface area contributed by atoms with Gasteiger partial charge in [-0.05, 0) is 57.1 Å². The van der Waals surface area contributed by atoms with Crippen LogP contribution in [0.3, 0.4) is 0 Å². The maximum absolute atomic E-state index is 12.3. The molecule has 23 heavy (non-hydrogen) atoms. The number of anilines is 1. The summed E-state index contributed by atoms with van der Waals surface area (Å²) >= 11 is 0. The summed E-state index contributed by atoms with van der Waals surface area (Å²) in [5.41, 5.74) is 0.925. The molecular weight excluding hydrogens is 292 g/mol. The smallest absolute Gasteiger partial charge is 0.249 e. The summed E-state index contributed by atoms with van der Waals surface area (Å²) in [6.45, 7) is 3.70. The number of hydrogen-bond acceptors (Lipinski definition) is 5. The van der Waals surface area contributed by atoms with Gasteiger partial charge in [-0.1, -0.05) is 0 Å².